The molecule has 1 aliphatic rings. The average Bonchev–Trinajstić information content (AvgIpc) is 2.71. The Balaban J connectivity index is 1.95. The van der Waals surface area contributed by atoms with Crippen molar-refractivity contribution in [3.63, 3.8) is 0 Å². The summed E-state index contributed by atoms with van der Waals surface area (Å²) >= 11 is 0. The Morgan fingerprint density at radius 2 is 2.29 bits per heavy atom. The molecule has 0 aromatic carbocycles. The molecular weight excluding hydrogens is 216 g/mol. The maximum absolute atomic E-state index is 5.95. The van der Waals surface area contributed by atoms with Crippen molar-refractivity contribution in [1.29, 1.82) is 0 Å². The van der Waals surface area contributed by atoms with Crippen LogP contribution in [0.5, 0.6) is 0 Å². The number of aromatic nitrogens is 2. The fraction of sp³-hybridized carbons (Fsp3) is 0.833. The Morgan fingerprint density at radius 1 is 1.53 bits per heavy atom. The van der Waals surface area contributed by atoms with E-state index in [-0.39, 0.29) is 0 Å². The first-order valence-electron chi connectivity index (χ1n) is 6.38. The largest absolute Gasteiger partial charge is 0.338 e. The van der Waals surface area contributed by atoms with Gasteiger partial charge in [0, 0.05) is 24.5 Å². The van der Waals surface area contributed by atoms with E-state index < -0.39 is 0 Å². The van der Waals surface area contributed by atoms with Gasteiger partial charge in [0.15, 0.2) is 5.82 Å². The number of rotatable bonds is 3. The minimum absolute atomic E-state index is 0.319. The third-order valence-electron chi connectivity index (χ3n) is 3.39. The van der Waals surface area contributed by atoms with E-state index in [9.17, 15) is 0 Å². The van der Waals surface area contributed by atoms with Gasteiger partial charge in [-0.05, 0) is 19.8 Å². The summed E-state index contributed by atoms with van der Waals surface area (Å²) in [5, 5.41) is 3.98. The van der Waals surface area contributed by atoms with E-state index in [0.29, 0.717) is 18.0 Å². The molecule has 17 heavy (non-hydrogen) atoms. The molecule has 0 amide bonds. The van der Waals surface area contributed by atoms with Gasteiger partial charge in [0.1, 0.15) is 0 Å². The average molecular weight is 238 g/mol. The van der Waals surface area contributed by atoms with Crippen molar-refractivity contribution < 1.29 is 4.52 Å². The molecule has 0 bridgehead atoms. The lowest BCUT2D eigenvalue weighted by Gasteiger charge is -2.35. The van der Waals surface area contributed by atoms with Crippen molar-refractivity contribution in [2.24, 2.45) is 5.73 Å². The molecule has 2 unspecified atom stereocenters. The Hall–Kier alpha value is -0.940. The van der Waals surface area contributed by atoms with Crippen LogP contribution in [0.15, 0.2) is 4.52 Å². The monoisotopic (exact) mass is 238 g/mol. The first-order chi connectivity index (χ1) is 8.06. The summed E-state index contributed by atoms with van der Waals surface area (Å²) in [6, 6.07) is 0.836. The van der Waals surface area contributed by atoms with Crippen LogP contribution in [0.1, 0.15) is 51.2 Å². The van der Waals surface area contributed by atoms with E-state index in [1.807, 2.05) is 0 Å². The Kier molecular flexibility index (Phi) is 3.79. The van der Waals surface area contributed by atoms with Crippen molar-refractivity contribution in [1.82, 2.24) is 15.0 Å². The third kappa shape index (κ3) is 3.04. The summed E-state index contributed by atoms with van der Waals surface area (Å²) in [5.74, 6) is 1.83. The molecule has 0 saturated carbocycles. The summed E-state index contributed by atoms with van der Waals surface area (Å²) in [6.45, 7) is 8.10. The van der Waals surface area contributed by atoms with Crippen molar-refractivity contribution in [3.05, 3.63) is 11.7 Å². The van der Waals surface area contributed by atoms with Crippen LogP contribution in [0.4, 0.5) is 0 Å². The number of likely N-dealkylation sites (tertiary alicyclic amines) is 1. The molecule has 1 saturated heterocycles. The first kappa shape index (κ1) is 12.5. The minimum Gasteiger partial charge on any atom is -0.338 e. The van der Waals surface area contributed by atoms with E-state index in [4.69, 9.17) is 10.3 Å². The molecule has 2 atom stereocenters. The van der Waals surface area contributed by atoms with Gasteiger partial charge in [-0.25, -0.2) is 0 Å². The van der Waals surface area contributed by atoms with Crippen LogP contribution in [0.25, 0.3) is 0 Å². The summed E-state index contributed by atoms with van der Waals surface area (Å²) in [4.78, 5) is 6.77. The molecule has 2 heterocycles. The van der Waals surface area contributed by atoms with Crippen molar-refractivity contribution in [2.75, 3.05) is 6.54 Å². The van der Waals surface area contributed by atoms with E-state index in [2.05, 4.69) is 35.8 Å². The highest BCUT2D eigenvalue weighted by Gasteiger charge is 2.24. The second-order valence-corrected chi connectivity index (χ2v) is 5.30. The molecule has 0 radical (unpaired) electrons. The highest BCUT2D eigenvalue weighted by Crippen LogP contribution is 2.19. The maximum Gasteiger partial charge on any atom is 0.240 e. The highest BCUT2D eigenvalue weighted by atomic mass is 16.5. The van der Waals surface area contributed by atoms with Crippen LogP contribution < -0.4 is 5.73 Å². The molecule has 0 aliphatic carbocycles. The Labute approximate surface area is 102 Å². The molecule has 5 nitrogen and oxygen atoms in total. The first-order valence-corrected chi connectivity index (χ1v) is 6.38. The second kappa shape index (κ2) is 5.14. The quantitative estimate of drug-likeness (QED) is 0.864. The topological polar surface area (TPSA) is 68.2 Å². The minimum atomic E-state index is 0.319. The molecule has 0 spiro atoms. The fourth-order valence-electron chi connectivity index (χ4n) is 2.23. The highest BCUT2D eigenvalue weighted by molar-refractivity contribution is 4.93. The van der Waals surface area contributed by atoms with Gasteiger partial charge in [0.2, 0.25) is 5.89 Å². The molecule has 2 N–H and O–H groups in total. The van der Waals surface area contributed by atoms with Crippen LogP contribution in [-0.4, -0.2) is 33.7 Å². The number of nitrogens with zero attached hydrogens (tertiary/aromatic N) is 3. The lowest BCUT2D eigenvalue weighted by Crippen LogP contribution is -2.45. The molecule has 5 heteroatoms. The molecular formula is C12H22N4O. The van der Waals surface area contributed by atoms with Crippen LogP contribution in [0, 0.1) is 0 Å². The predicted molar refractivity (Wildman–Crippen MR) is 65.5 cm³/mol. The molecule has 96 valence electrons. The third-order valence-corrected chi connectivity index (χ3v) is 3.39. The molecule has 2 rings (SSSR count). The Morgan fingerprint density at radius 3 is 2.88 bits per heavy atom. The van der Waals surface area contributed by atoms with E-state index >= 15 is 0 Å². The van der Waals surface area contributed by atoms with Gasteiger partial charge in [-0.2, -0.15) is 4.98 Å². The van der Waals surface area contributed by atoms with Crippen LogP contribution in [0.2, 0.25) is 0 Å². The van der Waals surface area contributed by atoms with Gasteiger partial charge < -0.3 is 10.3 Å². The summed E-state index contributed by atoms with van der Waals surface area (Å²) in [5.41, 5.74) is 5.95. The number of hydrogen-bond acceptors (Lipinski definition) is 5. The smallest absolute Gasteiger partial charge is 0.240 e. The number of hydrogen-bond donors (Lipinski definition) is 1. The predicted octanol–water partition coefficient (Wildman–Crippen LogP) is 1.50. The summed E-state index contributed by atoms with van der Waals surface area (Å²) in [6.07, 6.45) is 2.10. The molecule has 1 aromatic rings. The van der Waals surface area contributed by atoms with Gasteiger partial charge in [-0.15, -0.1) is 0 Å². The van der Waals surface area contributed by atoms with Crippen LogP contribution in [0.3, 0.4) is 0 Å². The fourth-order valence-corrected chi connectivity index (χ4v) is 2.23. The van der Waals surface area contributed by atoms with Crippen molar-refractivity contribution in [3.8, 4) is 0 Å². The lowest BCUT2D eigenvalue weighted by atomic mass is 9.99. The Bertz CT molecular complexity index is 363. The van der Waals surface area contributed by atoms with Gasteiger partial charge in [-0.3, -0.25) is 4.90 Å². The molecule has 1 aromatic heterocycles. The molecule has 1 aliphatic heterocycles. The lowest BCUT2D eigenvalue weighted by molar-refractivity contribution is 0.124. The van der Waals surface area contributed by atoms with Gasteiger partial charge in [0.05, 0.1) is 6.54 Å². The molecule has 1 fully saturated rings. The zero-order valence-corrected chi connectivity index (χ0v) is 10.9. The van der Waals surface area contributed by atoms with Crippen molar-refractivity contribution in [2.45, 2.75) is 58.2 Å². The van der Waals surface area contributed by atoms with Gasteiger partial charge in [-0.1, -0.05) is 19.0 Å². The SMILES string of the molecule is CC(C)c1noc(CN2CCC(N)CC2C)n1. The van der Waals surface area contributed by atoms with Gasteiger partial charge in [0.25, 0.3) is 0 Å². The normalized spacial score (nSPS) is 26.6. The summed E-state index contributed by atoms with van der Waals surface area (Å²) in [7, 11) is 0. The zero-order valence-electron chi connectivity index (χ0n) is 10.9. The van der Waals surface area contributed by atoms with E-state index in [0.717, 1.165) is 37.6 Å². The van der Waals surface area contributed by atoms with Gasteiger partial charge >= 0.3 is 0 Å². The van der Waals surface area contributed by atoms with E-state index in [1.54, 1.807) is 0 Å². The maximum atomic E-state index is 5.95. The van der Waals surface area contributed by atoms with Crippen molar-refractivity contribution >= 4 is 0 Å². The zero-order chi connectivity index (χ0) is 12.4. The summed E-state index contributed by atoms with van der Waals surface area (Å²) < 4.78 is 5.27. The van der Waals surface area contributed by atoms with Crippen LogP contribution >= 0.6 is 0 Å². The van der Waals surface area contributed by atoms with E-state index in [1.165, 1.54) is 0 Å². The number of nitrogens with two attached hydrogens (primary N) is 1. The standard InChI is InChI=1S/C12H22N4O/c1-8(2)12-14-11(17-15-12)7-16-5-4-10(13)6-9(16)3/h8-10H,4-7,13H2,1-3H3. The second-order valence-electron chi connectivity index (χ2n) is 5.30. The van der Waals surface area contributed by atoms with Crippen LogP contribution in [-0.2, 0) is 6.54 Å². The number of piperidine rings is 1.